The first-order valence-electron chi connectivity index (χ1n) is 5.80. The van der Waals surface area contributed by atoms with E-state index in [1.54, 1.807) is 5.56 Å². The van der Waals surface area contributed by atoms with Crippen LogP contribution in [0.2, 0.25) is 0 Å². The molecular formula is C13H24FP. The molecule has 0 atom stereocenters. The third-order valence-corrected chi connectivity index (χ3v) is 9.33. The first-order valence-corrected chi connectivity index (χ1v) is 8.63. The van der Waals surface area contributed by atoms with Gasteiger partial charge in [-0.1, -0.05) is 0 Å². The largest absolute Gasteiger partial charge is 0.269 e. The molecule has 15 heavy (non-hydrogen) atoms. The van der Waals surface area contributed by atoms with Gasteiger partial charge in [0.25, 0.3) is 0 Å². The third-order valence-electron chi connectivity index (χ3n) is 3.67. The van der Waals surface area contributed by atoms with Crippen LogP contribution < -0.4 is 0 Å². The second-order valence-electron chi connectivity index (χ2n) is 4.22. The quantitative estimate of drug-likeness (QED) is 0.667. The smallest absolute Gasteiger partial charge is 0.269 e. The summed E-state index contributed by atoms with van der Waals surface area (Å²) in [7, 11) is -0.958. The van der Waals surface area contributed by atoms with Gasteiger partial charge in [-0.15, -0.1) is 0 Å². The molecule has 0 saturated heterocycles. The predicted octanol–water partition coefficient (Wildman–Crippen LogP) is 4.15. The van der Waals surface area contributed by atoms with Crippen LogP contribution in [0.15, 0.2) is 30.3 Å². The van der Waals surface area contributed by atoms with Crippen LogP contribution in [0.1, 0.15) is 26.3 Å². The topological polar surface area (TPSA) is 0 Å². The maximum absolute atomic E-state index is 2.38. The number of benzene rings is 1. The van der Waals surface area contributed by atoms with Crippen molar-refractivity contribution in [2.45, 2.75) is 26.9 Å². The fourth-order valence-electron chi connectivity index (χ4n) is 2.15. The summed E-state index contributed by atoms with van der Waals surface area (Å²) in [5.74, 6) is 0. The third kappa shape index (κ3) is 3.91. The fraction of sp³-hybridized carbons (Fsp3) is 0.538. The van der Waals surface area contributed by atoms with Crippen molar-refractivity contribution in [2.75, 3.05) is 18.5 Å². The van der Waals surface area contributed by atoms with Crippen LogP contribution in [0.5, 0.6) is 0 Å². The molecule has 0 amide bonds. The summed E-state index contributed by atoms with van der Waals surface area (Å²) < 4.78 is 0. The van der Waals surface area contributed by atoms with Gasteiger partial charge < -0.3 is 0 Å². The molecule has 0 saturated carbocycles. The van der Waals surface area contributed by atoms with E-state index in [2.05, 4.69) is 51.1 Å². The SMILES string of the molecule is CC[PH](CC)(CC)Cc1ccccc1.F. The number of halogens is 1. The van der Waals surface area contributed by atoms with Gasteiger partial charge in [0.2, 0.25) is 0 Å². The second-order valence-corrected chi connectivity index (χ2v) is 9.70. The van der Waals surface area contributed by atoms with E-state index in [9.17, 15) is 0 Å². The van der Waals surface area contributed by atoms with E-state index in [0.29, 0.717) is 0 Å². The molecule has 88 valence electrons. The molecule has 1 rings (SSSR count). The van der Waals surface area contributed by atoms with Crippen LogP contribution >= 0.6 is 7.26 Å². The van der Waals surface area contributed by atoms with Gasteiger partial charge in [0.15, 0.2) is 0 Å². The monoisotopic (exact) mass is 230 g/mol. The average Bonchev–Trinajstić information content (AvgIpc) is 2.28. The van der Waals surface area contributed by atoms with E-state index >= 15 is 0 Å². The van der Waals surface area contributed by atoms with Crippen molar-refractivity contribution in [3.63, 3.8) is 0 Å². The Labute approximate surface area is 93.8 Å². The number of hydrogen-bond acceptors (Lipinski definition) is 0. The Bertz CT molecular complexity index is 246. The molecule has 0 nitrogen and oxygen atoms in total. The van der Waals surface area contributed by atoms with E-state index in [-0.39, 0.29) is 4.70 Å². The van der Waals surface area contributed by atoms with Gasteiger partial charge in [-0.05, 0) is 0 Å². The summed E-state index contributed by atoms with van der Waals surface area (Å²) >= 11 is 0. The van der Waals surface area contributed by atoms with Crippen LogP contribution in [-0.2, 0) is 6.16 Å². The molecule has 0 fully saturated rings. The Kier molecular flexibility index (Phi) is 6.76. The summed E-state index contributed by atoms with van der Waals surface area (Å²) in [5.41, 5.74) is 1.55. The molecule has 0 aromatic heterocycles. The summed E-state index contributed by atoms with van der Waals surface area (Å²) in [4.78, 5) is 0. The van der Waals surface area contributed by atoms with E-state index < -0.39 is 7.26 Å². The van der Waals surface area contributed by atoms with Gasteiger partial charge in [0.05, 0.1) is 0 Å². The Morgan fingerprint density at radius 1 is 0.867 bits per heavy atom. The van der Waals surface area contributed by atoms with Gasteiger partial charge >= 0.3 is 88.6 Å². The van der Waals surface area contributed by atoms with Crippen molar-refractivity contribution in [1.29, 1.82) is 0 Å². The summed E-state index contributed by atoms with van der Waals surface area (Å²) in [5, 5.41) is 0. The van der Waals surface area contributed by atoms with Crippen molar-refractivity contribution >= 4 is 7.26 Å². The van der Waals surface area contributed by atoms with E-state index in [4.69, 9.17) is 0 Å². The fourth-order valence-corrected chi connectivity index (χ4v) is 5.51. The van der Waals surface area contributed by atoms with Crippen LogP contribution in [-0.4, -0.2) is 18.5 Å². The minimum atomic E-state index is -0.958. The van der Waals surface area contributed by atoms with Gasteiger partial charge in [-0.25, -0.2) is 0 Å². The predicted molar refractivity (Wildman–Crippen MR) is 72.6 cm³/mol. The van der Waals surface area contributed by atoms with Crippen LogP contribution in [0.3, 0.4) is 0 Å². The van der Waals surface area contributed by atoms with Crippen molar-refractivity contribution in [3.05, 3.63) is 35.9 Å². The molecule has 0 unspecified atom stereocenters. The minimum absolute atomic E-state index is 0. The van der Waals surface area contributed by atoms with Crippen molar-refractivity contribution in [2.24, 2.45) is 0 Å². The minimum Gasteiger partial charge on any atom is -0.269 e. The summed E-state index contributed by atoms with van der Waals surface area (Å²) in [6, 6.07) is 11.0. The summed E-state index contributed by atoms with van der Waals surface area (Å²) in [6.45, 7) is 7.13. The van der Waals surface area contributed by atoms with E-state index in [1.807, 2.05) is 0 Å². The molecule has 0 heterocycles. The molecule has 1 aromatic rings. The Morgan fingerprint density at radius 2 is 1.33 bits per heavy atom. The zero-order valence-electron chi connectivity index (χ0n) is 10.1. The number of hydrogen-bond donors (Lipinski definition) is 0. The molecule has 0 N–H and O–H groups in total. The standard InChI is InChI=1S/C13H23P.FH/c1-4-14(5-2,6-3)12-13-10-8-7-9-11-13;/h7-11,14H,4-6,12H2,1-3H3;1H. The average molecular weight is 230 g/mol. The van der Waals surface area contributed by atoms with Crippen molar-refractivity contribution in [1.82, 2.24) is 0 Å². The zero-order chi connectivity index (χ0) is 10.4. The first kappa shape index (κ1) is 14.6. The molecule has 1 aromatic carbocycles. The zero-order valence-corrected chi connectivity index (χ0v) is 11.1. The maximum atomic E-state index is 2.38. The maximum Gasteiger partial charge on any atom is -0.269 e. The van der Waals surface area contributed by atoms with Crippen molar-refractivity contribution < 1.29 is 4.70 Å². The normalized spacial score (nSPS) is 11.9. The number of rotatable bonds is 5. The second kappa shape index (κ2) is 6.95. The molecule has 0 aliphatic carbocycles. The van der Waals surface area contributed by atoms with Crippen LogP contribution in [0.25, 0.3) is 0 Å². The van der Waals surface area contributed by atoms with E-state index in [0.717, 1.165) is 0 Å². The molecule has 0 bridgehead atoms. The van der Waals surface area contributed by atoms with Crippen LogP contribution in [0, 0.1) is 0 Å². The Balaban J connectivity index is 0.00000196. The van der Waals surface area contributed by atoms with Gasteiger partial charge in [0, 0.05) is 0 Å². The van der Waals surface area contributed by atoms with Gasteiger partial charge in [0.1, 0.15) is 0 Å². The molecule has 0 aliphatic rings. The van der Waals surface area contributed by atoms with Crippen LogP contribution in [0.4, 0.5) is 4.70 Å². The van der Waals surface area contributed by atoms with Gasteiger partial charge in [-0.2, -0.15) is 0 Å². The first-order chi connectivity index (χ1) is 6.76. The van der Waals surface area contributed by atoms with Gasteiger partial charge in [-0.3, -0.25) is 4.70 Å². The molecule has 0 radical (unpaired) electrons. The van der Waals surface area contributed by atoms with Crippen molar-refractivity contribution in [3.8, 4) is 0 Å². The molecular weight excluding hydrogens is 206 g/mol. The van der Waals surface area contributed by atoms with E-state index in [1.165, 1.54) is 24.6 Å². The molecule has 0 spiro atoms. The Morgan fingerprint density at radius 3 is 1.73 bits per heavy atom. The molecule has 2 heteroatoms. The summed E-state index contributed by atoms with van der Waals surface area (Å²) in [6.07, 6.45) is 5.65. The Hall–Kier alpha value is -0.420. The molecule has 0 aliphatic heterocycles.